The molecule has 0 saturated carbocycles. The Hall–Kier alpha value is -2.34. The summed E-state index contributed by atoms with van der Waals surface area (Å²) in [5.41, 5.74) is 7.52. The maximum absolute atomic E-state index is 12.0. The van der Waals surface area contributed by atoms with Crippen LogP contribution < -0.4 is 10.6 Å². The third-order valence-corrected chi connectivity index (χ3v) is 5.90. The number of amides is 1. The number of primary amides is 1. The van der Waals surface area contributed by atoms with Gasteiger partial charge in [0.25, 0.3) is 0 Å². The van der Waals surface area contributed by atoms with Gasteiger partial charge < -0.3 is 10.6 Å². The molecule has 1 heterocycles. The van der Waals surface area contributed by atoms with Crippen LogP contribution in [0.5, 0.6) is 0 Å². The Morgan fingerprint density at radius 2 is 1.72 bits per heavy atom. The lowest BCUT2D eigenvalue weighted by molar-refractivity contribution is 0.0997. The van der Waals surface area contributed by atoms with Gasteiger partial charge >= 0.3 is 0 Å². The van der Waals surface area contributed by atoms with Crippen molar-refractivity contribution in [2.24, 2.45) is 5.73 Å². The van der Waals surface area contributed by atoms with Crippen LogP contribution in [-0.2, 0) is 9.84 Å². The van der Waals surface area contributed by atoms with Crippen molar-refractivity contribution in [3.05, 3.63) is 59.7 Å². The van der Waals surface area contributed by atoms with Crippen LogP contribution in [-0.4, -0.2) is 33.7 Å². The fourth-order valence-electron chi connectivity index (χ4n) is 3.41. The molecule has 6 heteroatoms. The molecule has 0 spiro atoms. The minimum Gasteiger partial charge on any atom is -0.371 e. The number of hydrogen-bond acceptors (Lipinski definition) is 4. The Kier molecular flexibility index (Phi) is 4.81. The number of piperidine rings is 1. The highest BCUT2D eigenvalue weighted by atomic mass is 32.2. The molecule has 2 N–H and O–H groups in total. The van der Waals surface area contributed by atoms with Gasteiger partial charge in [0.15, 0.2) is 9.84 Å². The number of benzene rings is 2. The Bertz CT molecular complexity index is 871. The molecule has 0 aromatic heterocycles. The van der Waals surface area contributed by atoms with Crippen LogP contribution in [0.4, 0.5) is 5.69 Å². The zero-order chi connectivity index (χ0) is 18.0. The average molecular weight is 358 g/mol. The van der Waals surface area contributed by atoms with Gasteiger partial charge in [-0.2, -0.15) is 0 Å². The number of anilines is 1. The fraction of sp³-hybridized carbons (Fsp3) is 0.316. The van der Waals surface area contributed by atoms with E-state index >= 15 is 0 Å². The number of carbonyl (C=O) groups excluding carboxylic acids is 1. The molecule has 0 unspecified atom stereocenters. The second-order valence-electron chi connectivity index (χ2n) is 6.49. The summed E-state index contributed by atoms with van der Waals surface area (Å²) in [6.45, 7) is 1.69. The summed E-state index contributed by atoms with van der Waals surface area (Å²) in [7, 11) is -3.52. The van der Waals surface area contributed by atoms with Gasteiger partial charge in [0.1, 0.15) is 0 Å². The van der Waals surface area contributed by atoms with Crippen molar-refractivity contribution < 1.29 is 13.2 Å². The van der Waals surface area contributed by atoms with Crippen molar-refractivity contribution in [3.8, 4) is 0 Å². The minimum atomic E-state index is -3.52. The zero-order valence-corrected chi connectivity index (χ0v) is 15.0. The van der Waals surface area contributed by atoms with E-state index in [1.54, 1.807) is 12.1 Å². The number of hydrogen-bond donors (Lipinski definition) is 1. The fourth-order valence-corrected chi connectivity index (χ4v) is 4.32. The summed E-state index contributed by atoms with van der Waals surface area (Å²) in [6.07, 6.45) is 3.12. The number of carbonyl (C=O) groups is 1. The van der Waals surface area contributed by atoms with Crippen molar-refractivity contribution in [1.82, 2.24) is 0 Å². The van der Waals surface area contributed by atoms with E-state index in [1.807, 2.05) is 6.07 Å². The monoisotopic (exact) mass is 358 g/mol. The van der Waals surface area contributed by atoms with Crippen molar-refractivity contribution >= 4 is 21.4 Å². The molecular formula is C19H22N2O3S. The van der Waals surface area contributed by atoms with E-state index in [4.69, 9.17) is 5.73 Å². The molecule has 132 valence electrons. The highest BCUT2D eigenvalue weighted by Crippen LogP contribution is 2.31. The average Bonchev–Trinajstić information content (AvgIpc) is 2.61. The molecule has 2 aromatic carbocycles. The van der Waals surface area contributed by atoms with Crippen LogP contribution >= 0.6 is 0 Å². The Morgan fingerprint density at radius 1 is 1.08 bits per heavy atom. The van der Waals surface area contributed by atoms with Crippen LogP contribution in [0.1, 0.15) is 34.7 Å². The summed E-state index contributed by atoms with van der Waals surface area (Å²) in [5.74, 6) is -0.202. The summed E-state index contributed by atoms with van der Waals surface area (Å²) in [6, 6.07) is 15.3. The predicted octanol–water partition coefficient (Wildman–Crippen LogP) is 2.57. The maximum Gasteiger partial charge on any atom is 0.250 e. The molecule has 2 aromatic rings. The molecule has 1 amide bonds. The van der Waals surface area contributed by atoms with Crippen LogP contribution in [0.15, 0.2) is 53.4 Å². The van der Waals surface area contributed by atoms with Gasteiger partial charge in [0.2, 0.25) is 5.91 Å². The van der Waals surface area contributed by atoms with E-state index in [2.05, 4.69) is 29.2 Å². The van der Waals surface area contributed by atoms with Gasteiger partial charge in [-0.05, 0) is 42.5 Å². The normalized spacial score (nSPS) is 16.0. The smallest absolute Gasteiger partial charge is 0.250 e. The van der Waals surface area contributed by atoms with Crippen molar-refractivity contribution in [1.29, 1.82) is 0 Å². The first-order chi connectivity index (χ1) is 11.9. The molecule has 25 heavy (non-hydrogen) atoms. The van der Waals surface area contributed by atoms with Crippen LogP contribution in [0.2, 0.25) is 0 Å². The first kappa shape index (κ1) is 17.5. The molecule has 0 aliphatic carbocycles. The van der Waals surface area contributed by atoms with E-state index in [0.717, 1.165) is 37.9 Å². The topological polar surface area (TPSA) is 80.5 Å². The number of nitrogens with zero attached hydrogens (tertiary/aromatic N) is 1. The second-order valence-corrected chi connectivity index (χ2v) is 8.47. The zero-order valence-electron chi connectivity index (χ0n) is 14.2. The Morgan fingerprint density at radius 3 is 2.28 bits per heavy atom. The maximum atomic E-state index is 12.0. The molecular weight excluding hydrogens is 336 g/mol. The van der Waals surface area contributed by atoms with Gasteiger partial charge in [0.05, 0.1) is 10.5 Å². The predicted molar refractivity (Wildman–Crippen MR) is 98.7 cm³/mol. The van der Waals surface area contributed by atoms with Gasteiger partial charge in [0, 0.05) is 25.0 Å². The van der Waals surface area contributed by atoms with E-state index in [1.165, 1.54) is 11.6 Å². The molecule has 5 nitrogen and oxygen atoms in total. The van der Waals surface area contributed by atoms with Crippen molar-refractivity contribution in [2.45, 2.75) is 23.7 Å². The lowest BCUT2D eigenvalue weighted by atomic mass is 9.89. The van der Waals surface area contributed by atoms with E-state index in [9.17, 15) is 13.2 Å². The quantitative estimate of drug-likeness (QED) is 0.911. The summed E-state index contributed by atoms with van der Waals surface area (Å²) >= 11 is 0. The molecule has 1 saturated heterocycles. The lowest BCUT2D eigenvalue weighted by Crippen LogP contribution is -2.33. The third-order valence-electron chi connectivity index (χ3n) is 4.76. The molecule has 1 aliphatic heterocycles. The number of nitrogens with two attached hydrogens (primary N) is 1. The molecule has 1 aliphatic rings. The number of sulfone groups is 1. The van der Waals surface area contributed by atoms with Crippen LogP contribution in [0, 0.1) is 0 Å². The first-order valence-electron chi connectivity index (χ1n) is 8.30. The molecule has 0 radical (unpaired) electrons. The lowest BCUT2D eigenvalue weighted by Gasteiger charge is -2.34. The van der Waals surface area contributed by atoms with Gasteiger partial charge in [-0.15, -0.1) is 0 Å². The molecule has 1 fully saturated rings. The molecule has 3 rings (SSSR count). The highest BCUT2D eigenvalue weighted by molar-refractivity contribution is 7.90. The highest BCUT2D eigenvalue weighted by Gasteiger charge is 2.23. The molecule has 0 bridgehead atoms. The summed E-state index contributed by atoms with van der Waals surface area (Å²) in [5, 5.41) is 0. The minimum absolute atomic E-state index is 0.00248. The molecule has 0 atom stereocenters. The van der Waals surface area contributed by atoms with Gasteiger partial charge in [-0.25, -0.2) is 8.42 Å². The summed E-state index contributed by atoms with van der Waals surface area (Å²) in [4.78, 5) is 13.7. The standard InChI is InChI=1S/C19H22N2O3S/c1-25(23,24)18-13-16(7-8-17(18)19(20)22)21-11-9-15(10-12-21)14-5-3-2-4-6-14/h2-8,13,15H,9-12H2,1H3,(H2,20,22). The summed E-state index contributed by atoms with van der Waals surface area (Å²) < 4.78 is 24.0. The van der Waals surface area contributed by atoms with Crippen molar-refractivity contribution in [3.63, 3.8) is 0 Å². The largest absolute Gasteiger partial charge is 0.371 e. The van der Waals surface area contributed by atoms with E-state index in [-0.39, 0.29) is 10.5 Å². The van der Waals surface area contributed by atoms with Crippen LogP contribution in [0.25, 0.3) is 0 Å². The van der Waals surface area contributed by atoms with E-state index in [0.29, 0.717) is 5.92 Å². The Labute approximate surface area is 148 Å². The van der Waals surface area contributed by atoms with Gasteiger partial charge in [-0.3, -0.25) is 4.79 Å². The van der Waals surface area contributed by atoms with Crippen LogP contribution in [0.3, 0.4) is 0 Å². The van der Waals surface area contributed by atoms with Crippen molar-refractivity contribution in [2.75, 3.05) is 24.2 Å². The van der Waals surface area contributed by atoms with E-state index < -0.39 is 15.7 Å². The second kappa shape index (κ2) is 6.88. The Balaban J connectivity index is 1.81. The number of rotatable bonds is 4. The third kappa shape index (κ3) is 3.85. The SMILES string of the molecule is CS(=O)(=O)c1cc(N2CCC(c3ccccc3)CC2)ccc1C(N)=O. The first-order valence-corrected chi connectivity index (χ1v) is 10.2. The van der Waals surface area contributed by atoms with Gasteiger partial charge in [-0.1, -0.05) is 30.3 Å².